The molecule has 1 amide bonds. The standard InChI is InChI=1S/C18H17ClN4OS/c1-10-5-3-7-12(9-10)21-18-23-16(20)15(25-18)17(24)22-14-11(2)6-4-8-13(14)19/h3-9H,20H2,1-2H3,(H,21,23)(H,22,24). The first-order chi connectivity index (χ1) is 11.9. The first kappa shape index (κ1) is 17.3. The summed E-state index contributed by atoms with van der Waals surface area (Å²) in [6.07, 6.45) is 0. The molecule has 3 rings (SSSR count). The quantitative estimate of drug-likeness (QED) is 0.602. The van der Waals surface area contributed by atoms with Crippen LogP contribution >= 0.6 is 22.9 Å². The van der Waals surface area contributed by atoms with Crippen molar-refractivity contribution in [1.29, 1.82) is 0 Å². The topological polar surface area (TPSA) is 80.0 Å². The molecule has 25 heavy (non-hydrogen) atoms. The highest BCUT2D eigenvalue weighted by molar-refractivity contribution is 7.18. The van der Waals surface area contributed by atoms with E-state index in [1.807, 2.05) is 50.2 Å². The van der Waals surface area contributed by atoms with Gasteiger partial charge in [-0.15, -0.1) is 0 Å². The molecule has 2 aromatic carbocycles. The Hall–Kier alpha value is -2.57. The number of nitrogen functional groups attached to an aromatic ring is 1. The van der Waals surface area contributed by atoms with Crippen molar-refractivity contribution in [2.45, 2.75) is 13.8 Å². The van der Waals surface area contributed by atoms with Crippen LogP contribution in [-0.2, 0) is 0 Å². The van der Waals surface area contributed by atoms with E-state index in [0.29, 0.717) is 20.7 Å². The number of rotatable bonds is 4. The number of nitrogens with zero attached hydrogens (tertiary/aromatic N) is 1. The van der Waals surface area contributed by atoms with E-state index in [2.05, 4.69) is 15.6 Å². The van der Waals surface area contributed by atoms with Crippen LogP contribution in [-0.4, -0.2) is 10.9 Å². The minimum absolute atomic E-state index is 0.183. The summed E-state index contributed by atoms with van der Waals surface area (Å²) in [4.78, 5) is 17.1. The Balaban J connectivity index is 1.81. The van der Waals surface area contributed by atoms with Crippen LogP contribution < -0.4 is 16.4 Å². The van der Waals surface area contributed by atoms with Crippen molar-refractivity contribution in [2.24, 2.45) is 0 Å². The van der Waals surface area contributed by atoms with Crippen LogP contribution in [0.2, 0.25) is 5.02 Å². The third-order valence-electron chi connectivity index (χ3n) is 3.59. The molecule has 128 valence electrons. The first-order valence-electron chi connectivity index (χ1n) is 7.60. The minimum atomic E-state index is -0.330. The van der Waals surface area contributed by atoms with E-state index in [1.165, 1.54) is 11.3 Å². The number of hydrogen-bond donors (Lipinski definition) is 3. The van der Waals surface area contributed by atoms with Crippen LogP contribution in [0.3, 0.4) is 0 Å². The molecule has 1 heterocycles. The smallest absolute Gasteiger partial charge is 0.269 e. The Labute approximate surface area is 154 Å². The van der Waals surface area contributed by atoms with Crippen molar-refractivity contribution >= 4 is 51.2 Å². The third kappa shape index (κ3) is 3.92. The van der Waals surface area contributed by atoms with Gasteiger partial charge in [0.1, 0.15) is 10.7 Å². The SMILES string of the molecule is Cc1cccc(Nc2nc(N)c(C(=O)Nc3c(C)cccc3Cl)s2)c1. The maximum absolute atomic E-state index is 12.6. The molecule has 0 fully saturated rings. The number of hydrogen-bond acceptors (Lipinski definition) is 5. The van der Waals surface area contributed by atoms with Gasteiger partial charge in [-0.3, -0.25) is 4.79 Å². The monoisotopic (exact) mass is 372 g/mol. The molecular formula is C18H17ClN4OS. The Bertz CT molecular complexity index is 918. The van der Waals surface area contributed by atoms with Gasteiger partial charge in [-0.2, -0.15) is 0 Å². The normalized spacial score (nSPS) is 10.5. The zero-order valence-corrected chi connectivity index (χ0v) is 15.3. The van der Waals surface area contributed by atoms with Gasteiger partial charge < -0.3 is 16.4 Å². The molecule has 0 saturated heterocycles. The number of carbonyl (C=O) groups is 1. The molecule has 3 aromatic rings. The summed E-state index contributed by atoms with van der Waals surface area (Å²) in [5, 5.41) is 7.02. The van der Waals surface area contributed by atoms with Crippen LogP contribution in [0.4, 0.5) is 22.3 Å². The van der Waals surface area contributed by atoms with E-state index in [-0.39, 0.29) is 11.7 Å². The van der Waals surface area contributed by atoms with E-state index < -0.39 is 0 Å². The van der Waals surface area contributed by atoms with E-state index in [4.69, 9.17) is 17.3 Å². The van der Waals surface area contributed by atoms with Crippen molar-refractivity contribution in [2.75, 3.05) is 16.4 Å². The highest BCUT2D eigenvalue weighted by atomic mass is 35.5. The van der Waals surface area contributed by atoms with Gasteiger partial charge in [0.05, 0.1) is 10.7 Å². The number of benzene rings is 2. The van der Waals surface area contributed by atoms with Gasteiger partial charge in [0.25, 0.3) is 5.91 Å². The number of nitrogens with two attached hydrogens (primary N) is 1. The summed E-state index contributed by atoms with van der Waals surface area (Å²) in [6, 6.07) is 13.3. The predicted molar refractivity (Wildman–Crippen MR) is 105 cm³/mol. The molecule has 4 N–H and O–H groups in total. The highest BCUT2D eigenvalue weighted by Crippen LogP contribution is 2.31. The number of anilines is 4. The van der Waals surface area contributed by atoms with Gasteiger partial charge in [0.15, 0.2) is 5.13 Å². The first-order valence-corrected chi connectivity index (χ1v) is 8.80. The second-order valence-corrected chi connectivity index (χ2v) is 7.02. The Morgan fingerprint density at radius 1 is 1.20 bits per heavy atom. The number of amides is 1. The average molecular weight is 373 g/mol. The molecule has 0 bridgehead atoms. The lowest BCUT2D eigenvalue weighted by Gasteiger charge is -2.09. The summed E-state index contributed by atoms with van der Waals surface area (Å²) in [5.74, 6) is -0.147. The molecule has 0 spiro atoms. The van der Waals surface area contributed by atoms with E-state index in [1.54, 1.807) is 6.07 Å². The maximum Gasteiger partial charge on any atom is 0.269 e. The highest BCUT2D eigenvalue weighted by Gasteiger charge is 2.18. The fraction of sp³-hybridized carbons (Fsp3) is 0.111. The molecule has 7 heteroatoms. The lowest BCUT2D eigenvalue weighted by Crippen LogP contribution is -2.13. The zero-order valence-electron chi connectivity index (χ0n) is 13.8. The summed E-state index contributed by atoms with van der Waals surface area (Å²) in [6.45, 7) is 3.88. The number of aromatic nitrogens is 1. The number of halogens is 1. The maximum atomic E-state index is 12.6. The van der Waals surface area contributed by atoms with Gasteiger partial charge in [-0.25, -0.2) is 4.98 Å². The van der Waals surface area contributed by atoms with E-state index in [9.17, 15) is 4.79 Å². The number of carbonyl (C=O) groups excluding carboxylic acids is 1. The predicted octanol–water partition coefficient (Wildman–Crippen LogP) is 4.99. The van der Waals surface area contributed by atoms with Crippen molar-refractivity contribution < 1.29 is 4.79 Å². The summed E-state index contributed by atoms with van der Waals surface area (Å²) in [7, 11) is 0. The Morgan fingerprint density at radius 2 is 1.96 bits per heavy atom. The van der Waals surface area contributed by atoms with E-state index in [0.717, 1.165) is 16.8 Å². The minimum Gasteiger partial charge on any atom is -0.382 e. The fourth-order valence-corrected chi connectivity index (χ4v) is 3.42. The Morgan fingerprint density at radius 3 is 2.68 bits per heavy atom. The van der Waals surface area contributed by atoms with Gasteiger partial charge in [-0.1, -0.05) is 47.2 Å². The van der Waals surface area contributed by atoms with Gasteiger partial charge in [-0.05, 0) is 43.2 Å². The molecule has 0 atom stereocenters. The number of aryl methyl sites for hydroxylation is 2. The molecular weight excluding hydrogens is 356 g/mol. The van der Waals surface area contributed by atoms with Gasteiger partial charge in [0.2, 0.25) is 0 Å². The number of para-hydroxylation sites is 1. The van der Waals surface area contributed by atoms with Gasteiger partial charge >= 0.3 is 0 Å². The molecule has 0 aliphatic heterocycles. The number of thiazole rings is 1. The molecule has 0 unspecified atom stereocenters. The summed E-state index contributed by atoms with van der Waals surface area (Å²) >= 11 is 7.35. The molecule has 1 aromatic heterocycles. The molecule has 5 nitrogen and oxygen atoms in total. The van der Waals surface area contributed by atoms with Crippen molar-refractivity contribution in [3.63, 3.8) is 0 Å². The van der Waals surface area contributed by atoms with Crippen LogP contribution in [0.25, 0.3) is 0 Å². The lowest BCUT2D eigenvalue weighted by molar-refractivity contribution is 0.103. The second kappa shape index (κ2) is 7.13. The summed E-state index contributed by atoms with van der Waals surface area (Å²) < 4.78 is 0. The molecule has 0 aliphatic rings. The van der Waals surface area contributed by atoms with Gasteiger partial charge in [0, 0.05) is 5.69 Å². The molecule has 0 radical (unpaired) electrons. The van der Waals surface area contributed by atoms with Crippen LogP contribution in [0, 0.1) is 13.8 Å². The average Bonchev–Trinajstić information content (AvgIpc) is 2.91. The summed E-state index contributed by atoms with van der Waals surface area (Å²) in [5.41, 5.74) is 9.39. The number of nitrogens with one attached hydrogen (secondary N) is 2. The molecule has 0 saturated carbocycles. The third-order valence-corrected chi connectivity index (χ3v) is 4.89. The second-order valence-electron chi connectivity index (χ2n) is 5.61. The lowest BCUT2D eigenvalue weighted by atomic mass is 10.2. The Kier molecular flexibility index (Phi) is 4.92. The van der Waals surface area contributed by atoms with E-state index >= 15 is 0 Å². The fourth-order valence-electron chi connectivity index (χ4n) is 2.35. The van der Waals surface area contributed by atoms with Crippen LogP contribution in [0.15, 0.2) is 42.5 Å². The molecule has 0 aliphatic carbocycles. The largest absolute Gasteiger partial charge is 0.382 e. The van der Waals surface area contributed by atoms with Crippen molar-refractivity contribution in [3.05, 3.63) is 63.5 Å². The van der Waals surface area contributed by atoms with Crippen molar-refractivity contribution in [1.82, 2.24) is 4.98 Å². The van der Waals surface area contributed by atoms with Crippen LogP contribution in [0.5, 0.6) is 0 Å². The zero-order chi connectivity index (χ0) is 18.0. The van der Waals surface area contributed by atoms with Crippen LogP contribution in [0.1, 0.15) is 20.8 Å². The van der Waals surface area contributed by atoms with Crippen molar-refractivity contribution in [3.8, 4) is 0 Å².